The SMILES string of the molecule is NCC1(NCCO)CCN(CCc2ccccc2)CC1. The average Bonchev–Trinajstić information content (AvgIpc) is 2.53. The normalized spacial score (nSPS) is 19.1. The van der Waals surface area contributed by atoms with Crippen LogP contribution in [0.15, 0.2) is 30.3 Å². The first kappa shape index (κ1) is 15.4. The van der Waals surface area contributed by atoms with Crippen molar-refractivity contribution in [1.82, 2.24) is 10.2 Å². The molecule has 4 heteroatoms. The van der Waals surface area contributed by atoms with E-state index in [4.69, 9.17) is 10.8 Å². The Kier molecular flexibility index (Phi) is 5.98. The van der Waals surface area contributed by atoms with Crippen molar-refractivity contribution >= 4 is 0 Å². The summed E-state index contributed by atoms with van der Waals surface area (Å²) in [6.45, 7) is 4.76. The zero-order valence-electron chi connectivity index (χ0n) is 12.2. The number of hydrogen-bond donors (Lipinski definition) is 3. The van der Waals surface area contributed by atoms with Gasteiger partial charge >= 0.3 is 0 Å². The number of nitrogens with zero attached hydrogens (tertiary/aromatic N) is 1. The maximum absolute atomic E-state index is 8.96. The van der Waals surface area contributed by atoms with Crippen LogP contribution in [0, 0.1) is 0 Å². The summed E-state index contributed by atoms with van der Waals surface area (Å²) in [5.74, 6) is 0. The van der Waals surface area contributed by atoms with E-state index < -0.39 is 0 Å². The number of rotatable bonds is 7. The lowest BCUT2D eigenvalue weighted by atomic mass is 9.87. The minimum Gasteiger partial charge on any atom is -0.395 e. The highest BCUT2D eigenvalue weighted by Gasteiger charge is 2.32. The highest BCUT2D eigenvalue weighted by molar-refractivity contribution is 5.14. The molecule has 1 heterocycles. The van der Waals surface area contributed by atoms with Crippen molar-refractivity contribution in [1.29, 1.82) is 0 Å². The van der Waals surface area contributed by atoms with Gasteiger partial charge in [0.05, 0.1) is 6.61 Å². The number of aliphatic hydroxyl groups is 1. The van der Waals surface area contributed by atoms with Gasteiger partial charge in [0.2, 0.25) is 0 Å². The van der Waals surface area contributed by atoms with Gasteiger partial charge in [-0.05, 0) is 37.9 Å². The maximum Gasteiger partial charge on any atom is 0.0556 e. The first-order valence-corrected chi connectivity index (χ1v) is 7.60. The van der Waals surface area contributed by atoms with Gasteiger partial charge in [-0.2, -0.15) is 0 Å². The van der Waals surface area contributed by atoms with E-state index in [9.17, 15) is 0 Å². The van der Waals surface area contributed by atoms with Gasteiger partial charge in [-0.3, -0.25) is 0 Å². The molecule has 0 radical (unpaired) electrons. The van der Waals surface area contributed by atoms with E-state index in [0.29, 0.717) is 13.1 Å². The molecule has 0 aromatic heterocycles. The summed E-state index contributed by atoms with van der Waals surface area (Å²) in [4.78, 5) is 2.52. The van der Waals surface area contributed by atoms with Crippen molar-refractivity contribution in [2.24, 2.45) is 5.73 Å². The Labute approximate surface area is 122 Å². The zero-order valence-corrected chi connectivity index (χ0v) is 12.2. The minimum atomic E-state index is 0.0337. The predicted molar refractivity (Wildman–Crippen MR) is 82.7 cm³/mol. The molecule has 1 aliphatic rings. The number of β-amino-alcohol motifs (C(OH)–C–C–N with tert-alkyl or cyclic N) is 1. The Hall–Kier alpha value is -0.940. The molecule has 1 aliphatic heterocycles. The molecule has 4 N–H and O–H groups in total. The fourth-order valence-corrected chi connectivity index (χ4v) is 2.91. The number of benzene rings is 1. The maximum atomic E-state index is 8.96. The lowest BCUT2D eigenvalue weighted by Crippen LogP contribution is -2.58. The van der Waals surface area contributed by atoms with Crippen LogP contribution in [0.1, 0.15) is 18.4 Å². The molecular weight excluding hydrogens is 250 g/mol. The van der Waals surface area contributed by atoms with Crippen LogP contribution < -0.4 is 11.1 Å². The van der Waals surface area contributed by atoms with Gasteiger partial charge in [0.25, 0.3) is 0 Å². The Balaban J connectivity index is 1.76. The number of nitrogens with one attached hydrogen (secondary N) is 1. The summed E-state index contributed by atoms with van der Waals surface area (Å²) in [7, 11) is 0. The molecule has 4 nitrogen and oxygen atoms in total. The number of hydrogen-bond acceptors (Lipinski definition) is 4. The number of piperidine rings is 1. The van der Waals surface area contributed by atoms with Gasteiger partial charge in [-0.25, -0.2) is 0 Å². The number of aliphatic hydroxyl groups excluding tert-OH is 1. The van der Waals surface area contributed by atoms with Gasteiger partial charge in [0.1, 0.15) is 0 Å². The molecule has 1 saturated heterocycles. The van der Waals surface area contributed by atoms with E-state index >= 15 is 0 Å². The van der Waals surface area contributed by atoms with Crippen molar-refractivity contribution in [2.45, 2.75) is 24.8 Å². The van der Waals surface area contributed by atoms with Gasteiger partial charge < -0.3 is 21.1 Å². The first-order chi connectivity index (χ1) is 9.78. The molecule has 1 aromatic rings. The summed E-state index contributed by atoms with van der Waals surface area (Å²) in [6, 6.07) is 10.6. The van der Waals surface area contributed by atoms with E-state index in [2.05, 4.69) is 40.5 Å². The standard InChI is InChI=1S/C16H27N3O/c17-14-16(18-9-13-20)7-11-19(12-8-16)10-6-15-4-2-1-3-5-15/h1-5,18,20H,6-14,17H2. The molecule has 0 aliphatic carbocycles. The Morgan fingerprint density at radius 2 is 1.90 bits per heavy atom. The molecule has 20 heavy (non-hydrogen) atoms. The van der Waals surface area contributed by atoms with Crippen LogP contribution in [0.2, 0.25) is 0 Å². The third kappa shape index (κ3) is 4.28. The van der Waals surface area contributed by atoms with E-state index in [-0.39, 0.29) is 12.1 Å². The molecule has 112 valence electrons. The largest absolute Gasteiger partial charge is 0.395 e. The van der Waals surface area contributed by atoms with Crippen molar-refractivity contribution in [3.63, 3.8) is 0 Å². The number of likely N-dealkylation sites (tertiary alicyclic amines) is 1. The quantitative estimate of drug-likeness (QED) is 0.683. The topological polar surface area (TPSA) is 61.5 Å². The lowest BCUT2D eigenvalue weighted by molar-refractivity contribution is 0.133. The second-order valence-corrected chi connectivity index (χ2v) is 5.71. The zero-order chi connectivity index (χ0) is 14.3. The van der Waals surface area contributed by atoms with E-state index in [1.165, 1.54) is 5.56 Å². The lowest BCUT2D eigenvalue weighted by Gasteiger charge is -2.42. The third-order valence-electron chi connectivity index (χ3n) is 4.38. The van der Waals surface area contributed by atoms with Gasteiger partial charge in [-0.1, -0.05) is 30.3 Å². The van der Waals surface area contributed by atoms with Crippen molar-refractivity contribution in [2.75, 3.05) is 39.3 Å². The number of nitrogens with two attached hydrogens (primary N) is 1. The van der Waals surface area contributed by atoms with Gasteiger partial charge in [0, 0.05) is 25.2 Å². The summed E-state index contributed by atoms with van der Waals surface area (Å²) in [6.07, 6.45) is 3.25. The van der Waals surface area contributed by atoms with Gasteiger partial charge in [-0.15, -0.1) is 0 Å². The molecule has 0 bridgehead atoms. The minimum absolute atomic E-state index is 0.0337. The van der Waals surface area contributed by atoms with Crippen LogP contribution in [-0.4, -0.2) is 54.9 Å². The highest BCUT2D eigenvalue weighted by Crippen LogP contribution is 2.21. The van der Waals surface area contributed by atoms with Crippen LogP contribution in [0.5, 0.6) is 0 Å². The molecule has 0 unspecified atom stereocenters. The second kappa shape index (κ2) is 7.74. The third-order valence-corrected chi connectivity index (χ3v) is 4.38. The van der Waals surface area contributed by atoms with E-state index in [1.807, 2.05) is 0 Å². The van der Waals surface area contributed by atoms with Crippen LogP contribution >= 0.6 is 0 Å². The summed E-state index contributed by atoms with van der Waals surface area (Å²) >= 11 is 0. The first-order valence-electron chi connectivity index (χ1n) is 7.60. The molecule has 1 fully saturated rings. The van der Waals surface area contributed by atoms with Crippen LogP contribution in [0.3, 0.4) is 0 Å². The summed E-state index contributed by atoms with van der Waals surface area (Å²) < 4.78 is 0. The fraction of sp³-hybridized carbons (Fsp3) is 0.625. The average molecular weight is 277 g/mol. The summed E-state index contributed by atoms with van der Waals surface area (Å²) in [5, 5.41) is 12.4. The second-order valence-electron chi connectivity index (χ2n) is 5.71. The van der Waals surface area contributed by atoms with Crippen LogP contribution in [0.25, 0.3) is 0 Å². The Bertz CT molecular complexity index is 375. The molecule has 2 rings (SSSR count). The van der Waals surface area contributed by atoms with Crippen molar-refractivity contribution in [3.05, 3.63) is 35.9 Å². The fourth-order valence-electron chi connectivity index (χ4n) is 2.91. The molecule has 1 aromatic carbocycles. The molecule has 0 spiro atoms. The molecule has 0 amide bonds. The Morgan fingerprint density at radius 3 is 2.50 bits per heavy atom. The van der Waals surface area contributed by atoms with Crippen molar-refractivity contribution in [3.8, 4) is 0 Å². The molecule has 0 saturated carbocycles. The Morgan fingerprint density at radius 1 is 1.20 bits per heavy atom. The highest BCUT2D eigenvalue weighted by atomic mass is 16.3. The monoisotopic (exact) mass is 277 g/mol. The van der Waals surface area contributed by atoms with Crippen molar-refractivity contribution < 1.29 is 5.11 Å². The predicted octanol–water partition coefficient (Wildman–Crippen LogP) is 0.604. The smallest absolute Gasteiger partial charge is 0.0556 e. The molecular formula is C16H27N3O. The van der Waals surface area contributed by atoms with E-state index in [1.54, 1.807) is 0 Å². The van der Waals surface area contributed by atoms with Crippen LogP contribution in [-0.2, 0) is 6.42 Å². The van der Waals surface area contributed by atoms with E-state index in [0.717, 1.165) is 38.9 Å². The molecule has 0 atom stereocenters. The summed E-state index contributed by atoms with van der Waals surface area (Å²) in [5.41, 5.74) is 7.36. The van der Waals surface area contributed by atoms with Gasteiger partial charge in [0.15, 0.2) is 0 Å². The van der Waals surface area contributed by atoms with Crippen LogP contribution in [0.4, 0.5) is 0 Å².